The Morgan fingerprint density at radius 1 is 1.32 bits per heavy atom. The van der Waals surface area contributed by atoms with Gasteiger partial charge in [-0.25, -0.2) is 22.0 Å². The quantitative estimate of drug-likeness (QED) is 0.846. The summed E-state index contributed by atoms with van der Waals surface area (Å²) in [5, 5.41) is 8.68. The molecule has 0 bridgehead atoms. The first-order valence-corrected chi connectivity index (χ1v) is 7.26. The van der Waals surface area contributed by atoms with E-state index in [1.807, 2.05) is 0 Å². The van der Waals surface area contributed by atoms with Crippen LogP contribution in [0.3, 0.4) is 0 Å². The predicted molar refractivity (Wildman–Crippen MR) is 64.8 cm³/mol. The monoisotopic (exact) mass is 292 g/mol. The Kier molecular flexibility index (Phi) is 4.62. The fourth-order valence-electron chi connectivity index (χ4n) is 1.47. The van der Waals surface area contributed by atoms with Gasteiger partial charge in [-0.05, 0) is 24.5 Å². The van der Waals surface area contributed by atoms with E-state index in [-0.39, 0.29) is 11.7 Å². The lowest BCUT2D eigenvalue weighted by molar-refractivity contribution is 0.0685. The van der Waals surface area contributed by atoms with E-state index in [1.165, 1.54) is 0 Å². The highest BCUT2D eigenvalue weighted by Crippen LogP contribution is 2.23. The highest BCUT2D eigenvalue weighted by molar-refractivity contribution is 7.91. The fourth-order valence-corrected chi connectivity index (χ4v) is 3.12. The second kappa shape index (κ2) is 5.64. The molecular formula is C12H14F2O4S. The van der Waals surface area contributed by atoms with Crippen molar-refractivity contribution in [1.29, 1.82) is 0 Å². The molecule has 19 heavy (non-hydrogen) atoms. The van der Waals surface area contributed by atoms with Crippen LogP contribution in [0.4, 0.5) is 8.78 Å². The number of benzene rings is 1. The molecule has 0 atom stereocenters. The largest absolute Gasteiger partial charge is 0.477 e. The Bertz CT molecular complexity index is 594. The Morgan fingerprint density at radius 2 is 1.89 bits per heavy atom. The minimum Gasteiger partial charge on any atom is -0.477 e. The number of halogens is 2. The number of rotatable bonds is 5. The van der Waals surface area contributed by atoms with E-state index in [0.717, 1.165) is 6.07 Å². The summed E-state index contributed by atoms with van der Waals surface area (Å²) < 4.78 is 50.7. The van der Waals surface area contributed by atoms with E-state index in [0.29, 0.717) is 12.5 Å². The first-order valence-electron chi connectivity index (χ1n) is 5.61. The number of sulfone groups is 1. The normalized spacial score (nSPS) is 11.8. The number of aromatic carboxylic acids is 1. The topological polar surface area (TPSA) is 71.4 Å². The molecule has 0 aliphatic heterocycles. The van der Waals surface area contributed by atoms with Gasteiger partial charge in [-0.15, -0.1) is 0 Å². The third-order valence-corrected chi connectivity index (χ3v) is 4.33. The zero-order valence-corrected chi connectivity index (χ0v) is 11.3. The molecule has 1 aromatic carbocycles. The van der Waals surface area contributed by atoms with E-state index in [1.54, 1.807) is 13.8 Å². The first-order chi connectivity index (χ1) is 8.66. The van der Waals surface area contributed by atoms with Gasteiger partial charge in [0.05, 0.1) is 5.75 Å². The molecule has 0 spiro atoms. The highest BCUT2D eigenvalue weighted by Gasteiger charge is 2.26. The summed E-state index contributed by atoms with van der Waals surface area (Å²) in [6, 6.07) is 1.40. The van der Waals surface area contributed by atoms with Gasteiger partial charge in [0.1, 0.15) is 16.3 Å². The van der Waals surface area contributed by atoms with Crippen molar-refractivity contribution in [2.75, 3.05) is 5.75 Å². The summed E-state index contributed by atoms with van der Waals surface area (Å²) in [5.74, 6) is -4.90. The standard InChI is InChI=1S/C12H14F2O4S/c1-7(2)5-6-19(17,18)9-4-3-8(13)10(11(9)14)12(15)16/h3-4,7H,5-6H2,1-2H3,(H,15,16). The zero-order valence-electron chi connectivity index (χ0n) is 10.5. The minimum atomic E-state index is -3.96. The van der Waals surface area contributed by atoms with Gasteiger partial charge in [0, 0.05) is 0 Å². The predicted octanol–water partition coefficient (Wildman–Crippen LogP) is 2.48. The summed E-state index contributed by atoms with van der Waals surface area (Å²) in [5.41, 5.74) is -1.24. The lowest BCUT2D eigenvalue weighted by Crippen LogP contribution is -2.14. The number of carboxylic acids is 1. The maximum Gasteiger partial charge on any atom is 0.341 e. The molecule has 0 aliphatic rings. The third kappa shape index (κ3) is 3.50. The Balaban J connectivity index is 3.29. The van der Waals surface area contributed by atoms with Crippen LogP contribution in [-0.2, 0) is 9.84 Å². The van der Waals surface area contributed by atoms with Crippen LogP contribution in [0.5, 0.6) is 0 Å². The molecule has 106 valence electrons. The molecule has 0 radical (unpaired) electrons. The summed E-state index contributed by atoms with van der Waals surface area (Å²) >= 11 is 0. The molecule has 0 heterocycles. The molecule has 0 amide bonds. The van der Waals surface area contributed by atoms with Crippen LogP contribution in [0.25, 0.3) is 0 Å². The average molecular weight is 292 g/mol. The molecule has 7 heteroatoms. The van der Waals surface area contributed by atoms with Crippen molar-refractivity contribution >= 4 is 15.8 Å². The number of carboxylic acid groups (broad SMARTS) is 1. The third-order valence-electron chi connectivity index (χ3n) is 2.57. The number of hydrogen-bond donors (Lipinski definition) is 1. The molecule has 1 N–H and O–H groups in total. The average Bonchev–Trinajstić information content (AvgIpc) is 2.25. The van der Waals surface area contributed by atoms with Gasteiger partial charge in [0.25, 0.3) is 0 Å². The van der Waals surface area contributed by atoms with Crippen molar-refractivity contribution in [3.05, 3.63) is 29.3 Å². The highest BCUT2D eigenvalue weighted by atomic mass is 32.2. The second-order valence-electron chi connectivity index (χ2n) is 4.54. The smallest absolute Gasteiger partial charge is 0.341 e. The van der Waals surface area contributed by atoms with Gasteiger partial charge in [0.2, 0.25) is 0 Å². The van der Waals surface area contributed by atoms with Gasteiger partial charge in [-0.2, -0.15) is 0 Å². The van der Waals surface area contributed by atoms with Crippen LogP contribution in [0, 0.1) is 17.6 Å². The molecule has 0 fully saturated rings. The lowest BCUT2D eigenvalue weighted by atomic mass is 10.2. The molecule has 0 unspecified atom stereocenters. The van der Waals surface area contributed by atoms with E-state index in [4.69, 9.17) is 5.11 Å². The van der Waals surface area contributed by atoms with Crippen molar-refractivity contribution in [2.24, 2.45) is 5.92 Å². The summed E-state index contributed by atoms with van der Waals surface area (Å²) in [6.45, 7) is 3.61. The fraction of sp³-hybridized carbons (Fsp3) is 0.417. The van der Waals surface area contributed by atoms with Gasteiger partial charge >= 0.3 is 5.97 Å². The number of carbonyl (C=O) groups is 1. The molecule has 0 saturated heterocycles. The van der Waals surface area contributed by atoms with Crippen molar-refractivity contribution in [3.8, 4) is 0 Å². The molecule has 1 rings (SSSR count). The second-order valence-corrected chi connectivity index (χ2v) is 6.62. The number of hydrogen-bond acceptors (Lipinski definition) is 3. The van der Waals surface area contributed by atoms with Crippen LogP contribution < -0.4 is 0 Å². The molecular weight excluding hydrogens is 278 g/mol. The molecule has 1 aromatic rings. The maximum absolute atomic E-state index is 13.8. The van der Waals surface area contributed by atoms with Crippen LogP contribution in [0.1, 0.15) is 30.6 Å². The molecule has 0 aromatic heterocycles. The van der Waals surface area contributed by atoms with Gasteiger partial charge < -0.3 is 5.11 Å². The molecule has 4 nitrogen and oxygen atoms in total. The van der Waals surface area contributed by atoms with E-state index in [9.17, 15) is 22.0 Å². The zero-order chi connectivity index (χ0) is 14.8. The van der Waals surface area contributed by atoms with E-state index >= 15 is 0 Å². The van der Waals surface area contributed by atoms with E-state index < -0.39 is 37.9 Å². The summed E-state index contributed by atoms with van der Waals surface area (Å²) in [6.07, 6.45) is 0.307. The van der Waals surface area contributed by atoms with Gasteiger partial charge in [-0.3, -0.25) is 0 Å². The molecule has 0 saturated carbocycles. The summed E-state index contributed by atoms with van der Waals surface area (Å²) in [7, 11) is -3.96. The van der Waals surface area contributed by atoms with Crippen molar-refractivity contribution in [3.63, 3.8) is 0 Å². The SMILES string of the molecule is CC(C)CCS(=O)(=O)c1ccc(F)c(C(=O)O)c1F. The van der Waals surface area contributed by atoms with Crippen molar-refractivity contribution in [2.45, 2.75) is 25.2 Å². The Morgan fingerprint density at radius 3 is 2.37 bits per heavy atom. The van der Waals surface area contributed by atoms with Crippen molar-refractivity contribution < 1.29 is 27.1 Å². The Labute approximate surface area is 110 Å². The molecule has 0 aliphatic carbocycles. The van der Waals surface area contributed by atoms with Crippen molar-refractivity contribution in [1.82, 2.24) is 0 Å². The van der Waals surface area contributed by atoms with E-state index in [2.05, 4.69) is 0 Å². The summed E-state index contributed by atoms with van der Waals surface area (Å²) in [4.78, 5) is 9.94. The maximum atomic E-state index is 13.8. The van der Waals surface area contributed by atoms with Crippen LogP contribution in [0.15, 0.2) is 17.0 Å². The Hall–Kier alpha value is -1.50. The van der Waals surface area contributed by atoms with Crippen LogP contribution >= 0.6 is 0 Å². The minimum absolute atomic E-state index is 0.0947. The van der Waals surface area contributed by atoms with Gasteiger partial charge in [-0.1, -0.05) is 13.8 Å². The van der Waals surface area contributed by atoms with Crippen LogP contribution in [0.2, 0.25) is 0 Å². The van der Waals surface area contributed by atoms with Gasteiger partial charge in [0.15, 0.2) is 15.7 Å². The lowest BCUT2D eigenvalue weighted by Gasteiger charge is -2.09. The first kappa shape index (κ1) is 15.6. The van der Waals surface area contributed by atoms with Crippen LogP contribution in [-0.4, -0.2) is 25.2 Å².